The Morgan fingerprint density at radius 1 is 1.26 bits per heavy atom. The second-order valence-electron chi connectivity index (χ2n) is 6.77. The van der Waals surface area contributed by atoms with E-state index in [2.05, 4.69) is 43.1 Å². The van der Waals surface area contributed by atoms with Gasteiger partial charge in [0.05, 0.1) is 24.5 Å². The molecule has 0 aliphatic rings. The van der Waals surface area contributed by atoms with Crippen molar-refractivity contribution in [2.24, 2.45) is 0 Å². The van der Waals surface area contributed by atoms with Crippen LogP contribution in [0.2, 0.25) is 0 Å². The molecular weight excluding hydrogens is 402 g/mol. The summed E-state index contributed by atoms with van der Waals surface area (Å²) in [7, 11) is 1.73. The minimum atomic E-state index is -0.439. The van der Waals surface area contributed by atoms with Gasteiger partial charge >= 0.3 is 0 Å². The third-order valence-corrected chi connectivity index (χ3v) is 4.30. The molecule has 1 aromatic heterocycles. The first kappa shape index (κ1) is 24.0. The van der Waals surface area contributed by atoms with Gasteiger partial charge in [0.1, 0.15) is 11.6 Å². The van der Waals surface area contributed by atoms with Crippen LogP contribution in [0, 0.1) is 17.7 Å². The Labute approximate surface area is 181 Å². The molecule has 0 fully saturated rings. The van der Waals surface area contributed by atoms with Crippen molar-refractivity contribution in [3.63, 3.8) is 0 Å². The maximum absolute atomic E-state index is 13.4. The van der Waals surface area contributed by atoms with Gasteiger partial charge in [-0.1, -0.05) is 17.9 Å². The lowest BCUT2D eigenvalue weighted by Crippen LogP contribution is -2.40. The summed E-state index contributed by atoms with van der Waals surface area (Å²) in [5.41, 5.74) is 1.10. The molecule has 1 atom stereocenters. The van der Waals surface area contributed by atoms with Crippen LogP contribution in [0.25, 0.3) is 0 Å². The average molecular weight is 431 g/mol. The number of likely N-dealkylation sites (N-methyl/N-ethyl adjacent to an activating group) is 1. The van der Waals surface area contributed by atoms with Gasteiger partial charge in [0.2, 0.25) is 11.9 Å². The summed E-state index contributed by atoms with van der Waals surface area (Å²) in [6, 6.07) is 5.73. The number of anilines is 3. The molecule has 0 unspecified atom stereocenters. The third-order valence-electron chi connectivity index (χ3n) is 4.30. The fourth-order valence-electron chi connectivity index (χ4n) is 2.47. The van der Waals surface area contributed by atoms with Crippen LogP contribution in [0.5, 0.6) is 0 Å². The second kappa shape index (κ2) is 13.1. The number of unbranched alkanes of at least 4 members (excludes halogenated alkanes) is 1. The lowest BCUT2D eigenvalue weighted by molar-refractivity contribution is -0.122. The molecule has 166 valence electrons. The van der Waals surface area contributed by atoms with Crippen molar-refractivity contribution < 1.29 is 13.6 Å². The number of hydrogen-bond donors (Lipinski definition) is 4. The highest BCUT2D eigenvalue weighted by atomic mass is 19.1. The largest absolute Gasteiger partial charge is 0.369 e. The molecule has 0 aliphatic carbocycles. The van der Waals surface area contributed by atoms with Crippen LogP contribution in [0.15, 0.2) is 30.5 Å². The van der Waals surface area contributed by atoms with Crippen LogP contribution in [-0.2, 0) is 4.79 Å². The minimum Gasteiger partial charge on any atom is -0.369 e. The van der Waals surface area contributed by atoms with Gasteiger partial charge in [-0.2, -0.15) is 4.98 Å². The number of amides is 1. The molecule has 0 spiro atoms. The minimum absolute atomic E-state index is 0.0513. The Balaban J connectivity index is 1.99. The van der Waals surface area contributed by atoms with Crippen molar-refractivity contribution in [2.45, 2.75) is 32.2 Å². The van der Waals surface area contributed by atoms with Gasteiger partial charge in [0.15, 0.2) is 0 Å². The summed E-state index contributed by atoms with van der Waals surface area (Å²) < 4.78 is 25.8. The van der Waals surface area contributed by atoms with Crippen molar-refractivity contribution >= 4 is 23.4 Å². The van der Waals surface area contributed by atoms with Crippen molar-refractivity contribution in [1.29, 1.82) is 0 Å². The van der Waals surface area contributed by atoms with Gasteiger partial charge in [0, 0.05) is 25.2 Å². The summed E-state index contributed by atoms with van der Waals surface area (Å²) in [6.07, 6.45) is 3.20. The Bertz CT molecular complexity index is 912. The van der Waals surface area contributed by atoms with E-state index in [9.17, 15) is 13.6 Å². The molecule has 0 bridgehead atoms. The number of hydrogen-bond acceptors (Lipinski definition) is 6. The van der Waals surface area contributed by atoms with E-state index in [0.717, 1.165) is 0 Å². The Morgan fingerprint density at radius 2 is 2.10 bits per heavy atom. The number of nitrogens with zero attached hydrogens (tertiary/aromatic N) is 2. The van der Waals surface area contributed by atoms with Gasteiger partial charge in [0.25, 0.3) is 0 Å². The molecule has 9 heteroatoms. The van der Waals surface area contributed by atoms with E-state index in [1.165, 1.54) is 12.1 Å². The lowest BCUT2D eigenvalue weighted by atomic mass is 10.2. The molecular formula is C22H28F2N6O. The zero-order valence-corrected chi connectivity index (χ0v) is 17.8. The fraction of sp³-hybridized carbons (Fsp3) is 0.409. The number of carbonyl (C=O) groups excluding carboxylic acids is 1. The van der Waals surface area contributed by atoms with E-state index in [1.54, 1.807) is 32.3 Å². The highest BCUT2D eigenvalue weighted by Gasteiger charge is 2.08. The van der Waals surface area contributed by atoms with E-state index in [4.69, 9.17) is 0 Å². The van der Waals surface area contributed by atoms with Crippen LogP contribution in [-0.4, -0.2) is 48.7 Å². The number of halogens is 2. The van der Waals surface area contributed by atoms with E-state index < -0.39 is 6.67 Å². The number of alkyl halides is 1. The van der Waals surface area contributed by atoms with Gasteiger partial charge in [-0.3, -0.25) is 9.18 Å². The molecule has 0 saturated heterocycles. The highest BCUT2D eigenvalue weighted by molar-refractivity contribution is 5.81. The summed E-state index contributed by atoms with van der Waals surface area (Å²) in [4.78, 5) is 20.3. The molecule has 1 amide bonds. The number of carbonyl (C=O) groups is 1. The predicted molar refractivity (Wildman–Crippen MR) is 118 cm³/mol. The molecule has 1 aromatic carbocycles. The molecule has 0 radical (unpaired) electrons. The zero-order valence-electron chi connectivity index (χ0n) is 17.8. The summed E-state index contributed by atoms with van der Waals surface area (Å²) in [5.74, 6) is 6.40. The van der Waals surface area contributed by atoms with Crippen molar-refractivity contribution in [3.8, 4) is 11.8 Å². The Morgan fingerprint density at radius 3 is 2.84 bits per heavy atom. The molecule has 1 heterocycles. The number of rotatable bonds is 11. The molecule has 31 heavy (non-hydrogen) atoms. The molecule has 0 saturated carbocycles. The van der Waals surface area contributed by atoms with Crippen molar-refractivity contribution in [1.82, 2.24) is 20.6 Å². The van der Waals surface area contributed by atoms with E-state index in [0.29, 0.717) is 49.4 Å². The van der Waals surface area contributed by atoms with Crippen LogP contribution in [0.3, 0.4) is 0 Å². The second-order valence-corrected chi connectivity index (χ2v) is 6.77. The summed E-state index contributed by atoms with van der Waals surface area (Å²) >= 11 is 0. The number of nitrogens with one attached hydrogen (secondary N) is 4. The maximum Gasteiger partial charge on any atom is 0.236 e. The third kappa shape index (κ3) is 8.56. The first-order chi connectivity index (χ1) is 15.0. The van der Waals surface area contributed by atoms with E-state index >= 15 is 0 Å². The van der Waals surface area contributed by atoms with Gasteiger partial charge < -0.3 is 21.3 Å². The SMILES string of the molecule is CN[C@@H](C)C(=O)NCCCC#Cc1cnc(Nc2cccc(F)c2)nc1NCCCF. The Hall–Kier alpha value is -3.25. The van der Waals surface area contributed by atoms with Crippen LogP contribution in [0.1, 0.15) is 31.7 Å². The normalized spacial score (nSPS) is 11.2. The number of benzene rings is 1. The smallest absolute Gasteiger partial charge is 0.236 e. The topological polar surface area (TPSA) is 91.0 Å². The standard InChI is InChI=1S/C22H28F2N6O/c1-16(25-2)21(31)27-12-5-3-4-8-17-15-28-22(30-20(17)26-13-7-11-23)29-19-10-6-9-18(24)14-19/h6,9-10,14-16,25H,3,5,7,11-13H2,1-2H3,(H,27,31)(H2,26,28,29,30)/t16-/m0/s1. The molecule has 2 aromatic rings. The fourth-order valence-corrected chi connectivity index (χ4v) is 2.47. The summed E-state index contributed by atoms with van der Waals surface area (Å²) in [6.45, 7) is 2.29. The van der Waals surface area contributed by atoms with Crippen LogP contribution in [0.4, 0.5) is 26.2 Å². The molecule has 2 rings (SSSR count). The quantitative estimate of drug-likeness (QED) is 0.324. The van der Waals surface area contributed by atoms with Crippen LogP contribution >= 0.6 is 0 Å². The first-order valence-corrected chi connectivity index (χ1v) is 10.2. The predicted octanol–water partition coefficient (Wildman–Crippen LogP) is 2.99. The van der Waals surface area contributed by atoms with Crippen molar-refractivity contribution in [3.05, 3.63) is 41.8 Å². The zero-order chi connectivity index (χ0) is 22.5. The molecule has 7 nitrogen and oxygen atoms in total. The maximum atomic E-state index is 13.4. The highest BCUT2D eigenvalue weighted by Crippen LogP contribution is 2.18. The average Bonchev–Trinajstić information content (AvgIpc) is 2.76. The molecule has 0 aliphatic heterocycles. The van der Waals surface area contributed by atoms with Crippen LogP contribution < -0.4 is 21.3 Å². The van der Waals surface area contributed by atoms with E-state index in [1.807, 2.05) is 0 Å². The van der Waals surface area contributed by atoms with E-state index in [-0.39, 0.29) is 23.7 Å². The van der Waals surface area contributed by atoms with Gasteiger partial charge in [-0.15, -0.1) is 0 Å². The summed E-state index contributed by atoms with van der Waals surface area (Å²) in [5, 5.41) is 11.7. The number of aromatic nitrogens is 2. The lowest BCUT2D eigenvalue weighted by Gasteiger charge is -2.10. The first-order valence-electron chi connectivity index (χ1n) is 10.2. The monoisotopic (exact) mass is 430 g/mol. The molecule has 4 N–H and O–H groups in total. The van der Waals surface area contributed by atoms with Gasteiger partial charge in [-0.05, 0) is 45.0 Å². The van der Waals surface area contributed by atoms with Gasteiger partial charge in [-0.25, -0.2) is 9.37 Å². The Kier molecular flexibility index (Phi) is 10.2. The van der Waals surface area contributed by atoms with Crippen molar-refractivity contribution in [2.75, 3.05) is 37.4 Å².